The van der Waals surface area contributed by atoms with Gasteiger partial charge in [0.05, 0.1) is 0 Å². The molecule has 3 heterocycles. The minimum atomic E-state index is 0.0216. The van der Waals surface area contributed by atoms with Gasteiger partial charge >= 0.3 is 0 Å². The lowest BCUT2D eigenvalue weighted by molar-refractivity contribution is 0.0620. The van der Waals surface area contributed by atoms with Crippen molar-refractivity contribution in [1.82, 2.24) is 10.2 Å². The smallest absolute Gasteiger partial charge is 0.251 e. The normalized spacial score (nSPS) is 24.7. The van der Waals surface area contributed by atoms with Crippen LogP contribution < -0.4 is 10.1 Å². The molecule has 2 bridgehead atoms. The van der Waals surface area contributed by atoms with Gasteiger partial charge in [-0.1, -0.05) is 30.3 Å². The molecule has 3 aliphatic heterocycles. The van der Waals surface area contributed by atoms with Crippen LogP contribution in [0.3, 0.4) is 0 Å². The van der Waals surface area contributed by atoms with E-state index in [1.807, 2.05) is 54.6 Å². The number of carbonyl (C=O) groups excluding carboxylic acids is 1. The monoisotopic (exact) mass is 336 g/mol. The summed E-state index contributed by atoms with van der Waals surface area (Å²) in [6.07, 6.45) is 2.41. The molecule has 0 radical (unpaired) electrons. The zero-order valence-corrected chi connectivity index (χ0v) is 14.4. The summed E-state index contributed by atoms with van der Waals surface area (Å²) in [5, 5.41) is 3.22. The summed E-state index contributed by atoms with van der Waals surface area (Å²) < 4.78 is 5.78. The van der Waals surface area contributed by atoms with Crippen molar-refractivity contribution in [1.29, 1.82) is 0 Å². The Balaban J connectivity index is 1.32. The molecule has 4 heteroatoms. The Hall–Kier alpha value is -2.33. The van der Waals surface area contributed by atoms with Crippen LogP contribution in [0.4, 0.5) is 0 Å². The first-order valence-corrected chi connectivity index (χ1v) is 9.08. The number of hydrogen-bond donors (Lipinski definition) is 1. The second-order valence-electron chi connectivity index (χ2n) is 7.02. The molecule has 0 aliphatic carbocycles. The lowest BCUT2D eigenvalue weighted by Gasteiger charge is -2.44. The first kappa shape index (κ1) is 16.2. The van der Waals surface area contributed by atoms with Crippen LogP contribution in [0.1, 0.15) is 28.8 Å². The van der Waals surface area contributed by atoms with Gasteiger partial charge in [0.1, 0.15) is 12.4 Å². The van der Waals surface area contributed by atoms with Gasteiger partial charge in [-0.05, 0) is 61.7 Å². The average molecular weight is 336 g/mol. The predicted octanol–water partition coefficient (Wildman–Crippen LogP) is 3.09. The largest absolute Gasteiger partial charge is 0.489 e. The molecule has 4 nitrogen and oxygen atoms in total. The quantitative estimate of drug-likeness (QED) is 0.912. The molecule has 5 rings (SSSR count). The number of benzene rings is 2. The Bertz CT molecular complexity index is 706. The number of amides is 1. The standard InChI is InChI=1S/C21H24N2O2/c24-21(22-20-14-23-12-10-17(20)11-13-23)18-6-8-19(9-7-18)25-15-16-4-2-1-3-5-16/h1-9,17,20H,10-15H2,(H,22,24). The van der Waals surface area contributed by atoms with Crippen molar-refractivity contribution < 1.29 is 9.53 Å². The molecule has 2 aromatic rings. The van der Waals surface area contributed by atoms with Crippen LogP contribution in [0.5, 0.6) is 5.75 Å². The predicted molar refractivity (Wildman–Crippen MR) is 97.6 cm³/mol. The van der Waals surface area contributed by atoms with Crippen LogP contribution in [0.15, 0.2) is 54.6 Å². The number of nitrogens with zero attached hydrogens (tertiary/aromatic N) is 1. The van der Waals surface area contributed by atoms with Crippen molar-refractivity contribution in [3.05, 3.63) is 65.7 Å². The Morgan fingerprint density at radius 1 is 1.04 bits per heavy atom. The van der Waals surface area contributed by atoms with Gasteiger partial charge in [0.25, 0.3) is 5.91 Å². The fourth-order valence-electron chi connectivity index (χ4n) is 3.82. The Labute approximate surface area is 148 Å². The highest BCUT2D eigenvalue weighted by Gasteiger charge is 2.34. The van der Waals surface area contributed by atoms with Crippen molar-refractivity contribution >= 4 is 5.91 Å². The van der Waals surface area contributed by atoms with Crippen LogP contribution in [0.2, 0.25) is 0 Å². The maximum absolute atomic E-state index is 12.5. The van der Waals surface area contributed by atoms with Gasteiger partial charge < -0.3 is 15.0 Å². The van der Waals surface area contributed by atoms with E-state index in [4.69, 9.17) is 4.74 Å². The summed E-state index contributed by atoms with van der Waals surface area (Å²) >= 11 is 0. The van der Waals surface area contributed by atoms with Crippen molar-refractivity contribution in [2.75, 3.05) is 19.6 Å². The third-order valence-electron chi connectivity index (χ3n) is 5.34. The van der Waals surface area contributed by atoms with E-state index in [-0.39, 0.29) is 5.91 Å². The van der Waals surface area contributed by atoms with E-state index < -0.39 is 0 Å². The highest BCUT2D eigenvalue weighted by Crippen LogP contribution is 2.27. The third kappa shape index (κ3) is 3.85. The lowest BCUT2D eigenvalue weighted by atomic mass is 9.84. The number of rotatable bonds is 5. The topological polar surface area (TPSA) is 41.6 Å². The Morgan fingerprint density at radius 2 is 1.76 bits per heavy atom. The molecular weight excluding hydrogens is 312 g/mol. The zero-order chi connectivity index (χ0) is 17.1. The zero-order valence-electron chi connectivity index (χ0n) is 14.4. The van der Waals surface area contributed by atoms with E-state index >= 15 is 0 Å². The summed E-state index contributed by atoms with van der Waals surface area (Å²) in [6.45, 7) is 3.90. The van der Waals surface area contributed by atoms with Crippen LogP contribution in [-0.2, 0) is 6.61 Å². The number of fused-ring (bicyclic) bond motifs is 3. The first-order valence-electron chi connectivity index (χ1n) is 9.08. The molecule has 3 aliphatic rings. The molecule has 0 aromatic heterocycles. The van der Waals surface area contributed by atoms with Crippen molar-refractivity contribution in [3.63, 3.8) is 0 Å². The van der Waals surface area contributed by atoms with Crippen molar-refractivity contribution in [3.8, 4) is 5.75 Å². The van der Waals surface area contributed by atoms with Crippen LogP contribution in [0.25, 0.3) is 0 Å². The van der Waals surface area contributed by atoms with E-state index in [9.17, 15) is 4.79 Å². The van der Waals surface area contributed by atoms with Crippen LogP contribution in [0, 0.1) is 5.92 Å². The van der Waals surface area contributed by atoms with Crippen molar-refractivity contribution in [2.24, 2.45) is 5.92 Å². The SMILES string of the molecule is O=C(NC1CN2CCC1CC2)c1ccc(OCc2ccccc2)cc1. The van der Waals surface area contributed by atoms with Gasteiger partial charge in [0.2, 0.25) is 0 Å². The van der Waals surface area contributed by atoms with Crippen LogP contribution >= 0.6 is 0 Å². The Morgan fingerprint density at radius 3 is 2.40 bits per heavy atom. The highest BCUT2D eigenvalue weighted by molar-refractivity contribution is 5.94. The molecule has 1 amide bonds. The van der Waals surface area contributed by atoms with E-state index in [2.05, 4.69) is 10.2 Å². The molecule has 0 saturated carbocycles. The second-order valence-corrected chi connectivity index (χ2v) is 7.02. The fourth-order valence-corrected chi connectivity index (χ4v) is 3.82. The van der Waals surface area contributed by atoms with Gasteiger partial charge in [0.15, 0.2) is 0 Å². The maximum atomic E-state index is 12.5. The summed E-state index contributed by atoms with van der Waals surface area (Å²) in [5.41, 5.74) is 1.83. The summed E-state index contributed by atoms with van der Waals surface area (Å²) in [6, 6.07) is 17.8. The first-order chi connectivity index (χ1) is 12.3. The van der Waals surface area contributed by atoms with Crippen molar-refractivity contribution in [2.45, 2.75) is 25.5 Å². The fraction of sp³-hybridized carbons (Fsp3) is 0.381. The Kier molecular flexibility index (Phi) is 4.70. The molecular formula is C21H24N2O2. The molecule has 1 unspecified atom stereocenters. The minimum Gasteiger partial charge on any atom is -0.489 e. The minimum absolute atomic E-state index is 0.0216. The van der Waals surface area contributed by atoms with E-state index in [1.54, 1.807) is 0 Å². The van der Waals surface area contributed by atoms with Gasteiger partial charge in [-0.15, -0.1) is 0 Å². The highest BCUT2D eigenvalue weighted by atomic mass is 16.5. The molecule has 2 aromatic carbocycles. The number of ether oxygens (including phenoxy) is 1. The number of hydrogen-bond acceptors (Lipinski definition) is 3. The number of nitrogens with one attached hydrogen (secondary N) is 1. The van der Waals surface area contributed by atoms with Crippen LogP contribution in [-0.4, -0.2) is 36.5 Å². The van der Waals surface area contributed by atoms with Gasteiger partial charge in [-0.25, -0.2) is 0 Å². The van der Waals surface area contributed by atoms with Gasteiger partial charge in [-0.2, -0.15) is 0 Å². The molecule has 0 spiro atoms. The van der Waals surface area contributed by atoms with E-state index in [0.29, 0.717) is 24.1 Å². The second kappa shape index (κ2) is 7.28. The summed E-state index contributed by atoms with van der Waals surface area (Å²) in [5.74, 6) is 1.44. The molecule has 130 valence electrons. The average Bonchev–Trinajstić information content (AvgIpc) is 2.68. The molecule has 1 N–H and O–H groups in total. The maximum Gasteiger partial charge on any atom is 0.251 e. The van der Waals surface area contributed by atoms with Gasteiger partial charge in [0, 0.05) is 18.2 Å². The number of piperidine rings is 3. The van der Waals surface area contributed by atoms with E-state index in [0.717, 1.165) is 17.9 Å². The summed E-state index contributed by atoms with van der Waals surface area (Å²) in [7, 11) is 0. The third-order valence-corrected chi connectivity index (χ3v) is 5.34. The van der Waals surface area contributed by atoms with E-state index in [1.165, 1.54) is 25.9 Å². The van der Waals surface area contributed by atoms with Gasteiger partial charge in [-0.3, -0.25) is 4.79 Å². The molecule has 1 atom stereocenters. The molecule has 3 saturated heterocycles. The number of carbonyl (C=O) groups is 1. The lowest BCUT2D eigenvalue weighted by Crippen LogP contribution is -2.57. The molecule has 3 fully saturated rings. The summed E-state index contributed by atoms with van der Waals surface area (Å²) in [4.78, 5) is 15.0. The molecule has 25 heavy (non-hydrogen) atoms.